The highest BCUT2D eigenvalue weighted by molar-refractivity contribution is 6.01. The SMILES string of the molecule is C=C(O)c1ccc2c(c1)CCC(c1ccc(C)cc1C)=C2c1ccc(C)cc1.CCCC(C)CC. The van der Waals surface area contributed by atoms with Crippen LogP contribution in [0.3, 0.4) is 0 Å². The molecule has 0 aliphatic heterocycles. The Morgan fingerprint density at radius 1 is 0.857 bits per heavy atom. The minimum absolute atomic E-state index is 0.129. The maximum Gasteiger partial charge on any atom is 0.115 e. The zero-order valence-electron chi connectivity index (χ0n) is 22.5. The molecule has 3 aromatic carbocycles. The van der Waals surface area contributed by atoms with Gasteiger partial charge in [0.05, 0.1) is 0 Å². The van der Waals surface area contributed by atoms with Gasteiger partial charge in [0.1, 0.15) is 5.76 Å². The number of benzene rings is 3. The Morgan fingerprint density at radius 2 is 1.51 bits per heavy atom. The summed E-state index contributed by atoms with van der Waals surface area (Å²) in [6.07, 6.45) is 6.04. The molecule has 184 valence electrons. The van der Waals surface area contributed by atoms with E-state index < -0.39 is 0 Å². The van der Waals surface area contributed by atoms with Crippen LogP contribution in [0.1, 0.15) is 91.0 Å². The minimum atomic E-state index is 0.129. The number of allylic oxidation sites excluding steroid dienone is 1. The smallest absolute Gasteiger partial charge is 0.115 e. The van der Waals surface area contributed by atoms with Gasteiger partial charge in [-0.15, -0.1) is 0 Å². The molecule has 0 spiro atoms. The lowest BCUT2D eigenvalue weighted by Gasteiger charge is -2.26. The number of hydrogen-bond donors (Lipinski definition) is 1. The molecule has 0 aromatic heterocycles. The molecule has 1 atom stereocenters. The van der Waals surface area contributed by atoms with E-state index in [9.17, 15) is 5.11 Å². The molecule has 1 N–H and O–H groups in total. The fraction of sp³-hybridized carbons (Fsp3) is 0.353. The van der Waals surface area contributed by atoms with Crippen LogP contribution < -0.4 is 0 Å². The van der Waals surface area contributed by atoms with Crippen LogP contribution in [-0.2, 0) is 6.42 Å². The Labute approximate surface area is 213 Å². The van der Waals surface area contributed by atoms with Crippen LogP contribution in [0.2, 0.25) is 0 Å². The Hall–Kier alpha value is -3.06. The topological polar surface area (TPSA) is 20.2 Å². The van der Waals surface area contributed by atoms with Crippen LogP contribution >= 0.6 is 0 Å². The third-order valence-electron chi connectivity index (χ3n) is 7.18. The number of fused-ring (bicyclic) bond motifs is 1. The molecule has 0 heterocycles. The second kappa shape index (κ2) is 12.1. The minimum Gasteiger partial charge on any atom is -0.508 e. The molecule has 0 bridgehead atoms. The molecule has 0 saturated carbocycles. The average molecular weight is 467 g/mol. The third-order valence-corrected chi connectivity index (χ3v) is 7.18. The first-order valence-corrected chi connectivity index (χ1v) is 13.1. The van der Waals surface area contributed by atoms with Gasteiger partial charge in [-0.1, -0.05) is 112 Å². The molecule has 0 saturated heterocycles. The van der Waals surface area contributed by atoms with Gasteiger partial charge in [-0.05, 0) is 84.6 Å². The molecule has 3 aromatic rings. The first-order valence-electron chi connectivity index (χ1n) is 13.1. The monoisotopic (exact) mass is 466 g/mol. The van der Waals surface area contributed by atoms with E-state index in [1.807, 2.05) is 6.07 Å². The maximum absolute atomic E-state index is 9.82. The Balaban J connectivity index is 0.000000429. The highest BCUT2D eigenvalue weighted by Crippen LogP contribution is 2.42. The van der Waals surface area contributed by atoms with Crippen molar-refractivity contribution in [1.29, 1.82) is 0 Å². The lowest BCUT2D eigenvalue weighted by Crippen LogP contribution is -2.08. The lowest BCUT2D eigenvalue weighted by molar-refractivity contribution is 0.509. The molecule has 1 aliphatic carbocycles. The van der Waals surface area contributed by atoms with Crippen LogP contribution in [0.5, 0.6) is 0 Å². The Morgan fingerprint density at radius 3 is 2.09 bits per heavy atom. The van der Waals surface area contributed by atoms with Crippen molar-refractivity contribution in [2.24, 2.45) is 5.92 Å². The normalized spacial score (nSPS) is 13.5. The number of hydrogen-bond acceptors (Lipinski definition) is 1. The summed E-state index contributed by atoms with van der Waals surface area (Å²) in [5, 5.41) is 9.82. The zero-order chi connectivity index (χ0) is 25.5. The predicted molar refractivity (Wildman–Crippen MR) is 154 cm³/mol. The average Bonchev–Trinajstić information content (AvgIpc) is 2.84. The molecule has 35 heavy (non-hydrogen) atoms. The highest BCUT2D eigenvalue weighted by atomic mass is 16.3. The Bertz CT molecular complexity index is 1190. The number of rotatable bonds is 6. The second-order valence-electron chi connectivity index (χ2n) is 10.2. The van der Waals surface area contributed by atoms with Crippen molar-refractivity contribution in [3.8, 4) is 0 Å². The molecular formula is C34H42O. The van der Waals surface area contributed by atoms with Crippen LogP contribution in [0.25, 0.3) is 16.9 Å². The first kappa shape index (κ1) is 26.5. The molecular weight excluding hydrogens is 424 g/mol. The van der Waals surface area contributed by atoms with Gasteiger partial charge in [0.15, 0.2) is 0 Å². The van der Waals surface area contributed by atoms with Crippen molar-refractivity contribution in [3.63, 3.8) is 0 Å². The van der Waals surface area contributed by atoms with Gasteiger partial charge in [0.25, 0.3) is 0 Å². The van der Waals surface area contributed by atoms with Crippen molar-refractivity contribution < 1.29 is 5.11 Å². The second-order valence-corrected chi connectivity index (χ2v) is 10.2. The quantitative estimate of drug-likeness (QED) is 0.358. The van der Waals surface area contributed by atoms with Gasteiger partial charge in [-0.3, -0.25) is 0 Å². The lowest BCUT2D eigenvalue weighted by atomic mass is 9.78. The van der Waals surface area contributed by atoms with Gasteiger partial charge in [-0.2, -0.15) is 0 Å². The fourth-order valence-electron chi connectivity index (χ4n) is 4.94. The molecule has 0 radical (unpaired) electrons. The van der Waals surface area contributed by atoms with Crippen molar-refractivity contribution in [2.75, 3.05) is 0 Å². The molecule has 1 unspecified atom stereocenters. The maximum atomic E-state index is 9.82. The number of aliphatic hydroxyl groups excluding tert-OH is 1. The van der Waals surface area contributed by atoms with E-state index in [1.165, 1.54) is 69.4 Å². The van der Waals surface area contributed by atoms with E-state index in [0.29, 0.717) is 0 Å². The molecule has 1 nitrogen and oxygen atoms in total. The standard InChI is InChI=1S/C27H26O.C7H16/c1-17-5-8-21(9-6-17)27-25-13-10-22(20(4)28)16-23(25)11-14-26(27)24-12-7-18(2)15-19(24)3;1-4-6-7(3)5-2/h5-10,12-13,15-16,28H,4,11,14H2,1-3H3;7H,4-6H2,1-3H3. The van der Waals surface area contributed by atoms with E-state index in [0.717, 1.165) is 24.3 Å². The van der Waals surface area contributed by atoms with Gasteiger partial charge >= 0.3 is 0 Å². The molecule has 0 amide bonds. The summed E-state index contributed by atoms with van der Waals surface area (Å²) in [7, 11) is 0. The van der Waals surface area contributed by atoms with Crippen LogP contribution in [0, 0.1) is 26.7 Å². The molecule has 4 rings (SSSR count). The van der Waals surface area contributed by atoms with E-state index in [4.69, 9.17) is 0 Å². The summed E-state index contributed by atoms with van der Waals surface area (Å²) in [5.74, 6) is 1.08. The van der Waals surface area contributed by atoms with E-state index in [2.05, 4.69) is 103 Å². The summed E-state index contributed by atoms with van der Waals surface area (Å²) < 4.78 is 0. The fourth-order valence-corrected chi connectivity index (χ4v) is 4.94. The number of aryl methyl sites for hydroxylation is 4. The van der Waals surface area contributed by atoms with Crippen LogP contribution in [-0.4, -0.2) is 5.11 Å². The number of aliphatic hydroxyl groups is 1. The highest BCUT2D eigenvalue weighted by Gasteiger charge is 2.23. The van der Waals surface area contributed by atoms with Crippen molar-refractivity contribution in [2.45, 2.75) is 73.6 Å². The van der Waals surface area contributed by atoms with Crippen molar-refractivity contribution in [3.05, 3.63) is 112 Å². The van der Waals surface area contributed by atoms with Gasteiger partial charge in [0, 0.05) is 5.56 Å². The predicted octanol–water partition coefficient (Wildman–Crippen LogP) is 9.88. The van der Waals surface area contributed by atoms with Crippen molar-refractivity contribution in [1.82, 2.24) is 0 Å². The molecule has 1 heteroatoms. The summed E-state index contributed by atoms with van der Waals surface area (Å²) in [6.45, 7) is 17.0. The largest absolute Gasteiger partial charge is 0.508 e. The van der Waals surface area contributed by atoms with E-state index >= 15 is 0 Å². The summed E-state index contributed by atoms with van der Waals surface area (Å²) in [6, 6.07) is 21.8. The summed E-state index contributed by atoms with van der Waals surface area (Å²) in [4.78, 5) is 0. The van der Waals surface area contributed by atoms with Gasteiger partial charge < -0.3 is 5.11 Å². The van der Waals surface area contributed by atoms with E-state index in [1.54, 1.807) is 0 Å². The zero-order valence-corrected chi connectivity index (χ0v) is 22.5. The van der Waals surface area contributed by atoms with E-state index in [-0.39, 0.29) is 5.76 Å². The van der Waals surface area contributed by atoms with Crippen LogP contribution in [0.15, 0.2) is 67.2 Å². The summed E-state index contributed by atoms with van der Waals surface area (Å²) >= 11 is 0. The first-order chi connectivity index (χ1) is 16.7. The molecule has 1 aliphatic rings. The van der Waals surface area contributed by atoms with Crippen LogP contribution in [0.4, 0.5) is 0 Å². The summed E-state index contributed by atoms with van der Waals surface area (Å²) in [5.41, 5.74) is 12.5. The Kier molecular flexibility index (Phi) is 9.15. The molecule has 0 fully saturated rings. The van der Waals surface area contributed by atoms with Gasteiger partial charge in [-0.25, -0.2) is 0 Å². The van der Waals surface area contributed by atoms with Crippen molar-refractivity contribution >= 4 is 16.9 Å². The van der Waals surface area contributed by atoms with Gasteiger partial charge in [0.2, 0.25) is 0 Å². The third kappa shape index (κ3) is 6.54.